The van der Waals surface area contributed by atoms with E-state index in [1.165, 1.54) is 0 Å². The molecular formula is C29H26N4O3. The predicted molar refractivity (Wildman–Crippen MR) is 139 cm³/mol. The SMILES string of the molecule is COc1cccc(-c2nn(Cc3ccccc3)cc2C(=O)Nc2cccc(-c3nc(C)c(C)o3)c2)c1. The summed E-state index contributed by atoms with van der Waals surface area (Å²) in [6, 6.07) is 25.0. The molecule has 7 heteroatoms. The maximum Gasteiger partial charge on any atom is 0.259 e. The molecule has 1 amide bonds. The first-order valence-corrected chi connectivity index (χ1v) is 11.6. The first-order chi connectivity index (χ1) is 17.5. The quantitative estimate of drug-likeness (QED) is 0.304. The van der Waals surface area contributed by atoms with Gasteiger partial charge in [-0.2, -0.15) is 5.10 Å². The fourth-order valence-corrected chi connectivity index (χ4v) is 3.95. The van der Waals surface area contributed by atoms with E-state index in [2.05, 4.69) is 10.3 Å². The molecule has 180 valence electrons. The summed E-state index contributed by atoms with van der Waals surface area (Å²) in [5, 5.41) is 7.78. The molecule has 0 saturated heterocycles. The first kappa shape index (κ1) is 23.1. The summed E-state index contributed by atoms with van der Waals surface area (Å²) in [6.45, 7) is 4.33. The minimum absolute atomic E-state index is 0.260. The van der Waals surface area contributed by atoms with Crippen molar-refractivity contribution < 1.29 is 13.9 Å². The molecule has 2 heterocycles. The van der Waals surface area contributed by atoms with Gasteiger partial charge in [-0.05, 0) is 49.7 Å². The molecule has 0 atom stereocenters. The van der Waals surface area contributed by atoms with Crippen LogP contribution in [-0.4, -0.2) is 27.8 Å². The lowest BCUT2D eigenvalue weighted by Gasteiger charge is -2.07. The van der Waals surface area contributed by atoms with E-state index in [-0.39, 0.29) is 5.91 Å². The van der Waals surface area contributed by atoms with Crippen molar-refractivity contribution in [1.82, 2.24) is 14.8 Å². The van der Waals surface area contributed by atoms with E-state index in [4.69, 9.17) is 14.3 Å². The van der Waals surface area contributed by atoms with Gasteiger partial charge in [0.1, 0.15) is 17.2 Å². The number of nitrogens with zero attached hydrogens (tertiary/aromatic N) is 3. The predicted octanol–water partition coefficient (Wildman–Crippen LogP) is 6.13. The number of rotatable bonds is 7. The Bertz CT molecular complexity index is 1500. The third-order valence-corrected chi connectivity index (χ3v) is 5.93. The van der Waals surface area contributed by atoms with Gasteiger partial charge in [0.05, 0.1) is 24.9 Å². The first-order valence-electron chi connectivity index (χ1n) is 11.6. The molecule has 0 bridgehead atoms. The zero-order valence-corrected chi connectivity index (χ0v) is 20.4. The highest BCUT2D eigenvalue weighted by atomic mass is 16.5. The molecule has 0 radical (unpaired) electrons. The number of anilines is 1. The van der Waals surface area contributed by atoms with Gasteiger partial charge in [0.2, 0.25) is 5.89 Å². The average molecular weight is 479 g/mol. The van der Waals surface area contributed by atoms with Crippen molar-refractivity contribution in [2.75, 3.05) is 12.4 Å². The van der Waals surface area contributed by atoms with E-state index in [1.807, 2.05) is 92.7 Å². The van der Waals surface area contributed by atoms with Crippen LogP contribution in [0.2, 0.25) is 0 Å². The number of benzene rings is 3. The maximum absolute atomic E-state index is 13.5. The average Bonchev–Trinajstić information content (AvgIpc) is 3.48. The van der Waals surface area contributed by atoms with E-state index >= 15 is 0 Å². The van der Waals surface area contributed by atoms with Crippen molar-refractivity contribution in [2.45, 2.75) is 20.4 Å². The van der Waals surface area contributed by atoms with Gasteiger partial charge in [-0.25, -0.2) is 4.98 Å². The smallest absolute Gasteiger partial charge is 0.259 e. The van der Waals surface area contributed by atoms with Crippen LogP contribution in [-0.2, 0) is 6.54 Å². The topological polar surface area (TPSA) is 82.2 Å². The molecule has 5 rings (SSSR count). The largest absolute Gasteiger partial charge is 0.497 e. The summed E-state index contributed by atoms with van der Waals surface area (Å²) in [4.78, 5) is 18.0. The molecule has 0 aliphatic carbocycles. The van der Waals surface area contributed by atoms with Crippen molar-refractivity contribution in [3.05, 3.63) is 108 Å². The lowest BCUT2D eigenvalue weighted by Crippen LogP contribution is -2.12. The highest BCUT2D eigenvalue weighted by Crippen LogP contribution is 2.28. The summed E-state index contributed by atoms with van der Waals surface area (Å²) in [5.74, 6) is 1.73. The van der Waals surface area contributed by atoms with Crippen LogP contribution in [0.3, 0.4) is 0 Å². The fraction of sp³-hybridized carbons (Fsp3) is 0.138. The van der Waals surface area contributed by atoms with E-state index in [0.717, 1.165) is 28.1 Å². The third kappa shape index (κ3) is 4.90. The minimum Gasteiger partial charge on any atom is -0.497 e. The van der Waals surface area contributed by atoms with Gasteiger partial charge in [-0.15, -0.1) is 0 Å². The highest BCUT2D eigenvalue weighted by Gasteiger charge is 2.19. The van der Waals surface area contributed by atoms with Crippen molar-refractivity contribution in [1.29, 1.82) is 0 Å². The Hall–Kier alpha value is -4.65. The molecular weight excluding hydrogens is 452 g/mol. The van der Waals surface area contributed by atoms with Crippen molar-refractivity contribution in [3.8, 4) is 28.5 Å². The molecule has 1 N–H and O–H groups in total. The number of carbonyl (C=O) groups is 1. The van der Waals surface area contributed by atoms with Crippen LogP contribution in [0.5, 0.6) is 5.75 Å². The van der Waals surface area contributed by atoms with Crippen LogP contribution in [0.25, 0.3) is 22.7 Å². The number of aromatic nitrogens is 3. The molecule has 7 nitrogen and oxygen atoms in total. The van der Waals surface area contributed by atoms with Gasteiger partial charge in [0, 0.05) is 23.0 Å². The zero-order valence-electron chi connectivity index (χ0n) is 20.4. The second-order valence-corrected chi connectivity index (χ2v) is 8.50. The number of aryl methyl sites for hydroxylation is 2. The normalized spacial score (nSPS) is 10.9. The Kier molecular flexibility index (Phi) is 6.36. The van der Waals surface area contributed by atoms with Gasteiger partial charge in [-0.3, -0.25) is 9.48 Å². The Labute approximate surface area is 209 Å². The standard InChI is InChI=1S/C29H26N4O3/c1-19-20(2)36-29(30-19)23-12-7-13-24(15-23)31-28(34)26-18-33(17-21-9-5-4-6-10-21)32-27(26)22-11-8-14-25(16-22)35-3/h4-16,18H,17H2,1-3H3,(H,31,34). The van der Waals surface area contributed by atoms with Crippen LogP contribution in [0.1, 0.15) is 27.4 Å². The van der Waals surface area contributed by atoms with E-state index < -0.39 is 0 Å². The van der Waals surface area contributed by atoms with Gasteiger partial charge in [0.25, 0.3) is 5.91 Å². The Morgan fingerprint density at radius 2 is 1.75 bits per heavy atom. The molecule has 0 aliphatic rings. The molecule has 0 saturated carbocycles. The van der Waals surface area contributed by atoms with E-state index in [9.17, 15) is 4.79 Å². The monoisotopic (exact) mass is 478 g/mol. The molecule has 0 unspecified atom stereocenters. The second-order valence-electron chi connectivity index (χ2n) is 8.50. The Balaban J connectivity index is 1.48. The summed E-state index contributed by atoms with van der Waals surface area (Å²) in [5.41, 5.74) is 5.20. The number of hydrogen-bond acceptors (Lipinski definition) is 5. The molecule has 2 aromatic heterocycles. The van der Waals surface area contributed by atoms with Crippen molar-refractivity contribution in [3.63, 3.8) is 0 Å². The van der Waals surface area contributed by atoms with Gasteiger partial charge in [-0.1, -0.05) is 48.5 Å². The highest BCUT2D eigenvalue weighted by molar-refractivity contribution is 6.08. The lowest BCUT2D eigenvalue weighted by molar-refractivity contribution is 0.102. The molecule has 0 fully saturated rings. The Morgan fingerprint density at radius 1 is 0.972 bits per heavy atom. The number of nitrogens with one attached hydrogen (secondary N) is 1. The fourth-order valence-electron chi connectivity index (χ4n) is 3.95. The van der Waals surface area contributed by atoms with Crippen LogP contribution >= 0.6 is 0 Å². The van der Waals surface area contributed by atoms with Gasteiger partial charge >= 0.3 is 0 Å². The minimum atomic E-state index is -0.260. The molecule has 5 aromatic rings. The van der Waals surface area contributed by atoms with Crippen LogP contribution < -0.4 is 10.1 Å². The second kappa shape index (κ2) is 9.92. The van der Waals surface area contributed by atoms with Crippen molar-refractivity contribution in [2.24, 2.45) is 0 Å². The van der Waals surface area contributed by atoms with Crippen molar-refractivity contribution >= 4 is 11.6 Å². The lowest BCUT2D eigenvalue weighted by atomic mass is 10.1. The zero-order chi connectivity index (χ0) is 25.1. The maximum atomic E-state index is 13.5. The summed E-state index contributed by atoms with van der Waals surface area (Å²) in [7, 11) is 1.62. The Morgan fingerprint density at radius 3 is 2.50 bits per heavy atom. The van der Waals surface area contributed by atoms with Crippen LogP contribution in [0.4, 0.5) is 5.69 Å². The number of carbonyl (C=O) groups excluding carboxylic acids is 1. The summed E-state index contributed by atoms with van der Waals surface area (Å²) in [6.07, 6.45) is 1.78. The number of hydrogen-bond donors (Lipinski definition) is 1. The number of ether oxygens (including phenoxy) is 1. The van der Waals surface area contributed by atoms with Gasteiger partial charge in [0.15, 0.2) is 0 Å². The van der Waals surface area contributed by atoms with Crippen LogP contribution in [0.15, 0.2) is 89.5 Å². The molecule has 0 aliphatic heterocycles. The van der Waals surface area contributed by atoms with E-state index in [1.54, 1.807) is 18.0 Å². The molecule has 3 aromatic carbocycles. The number of methoxy groups -OCH3 is 1. The van der Waals surface area contributed by atoms with Crippen LogP contribution in [0, 0.1) is 13.8 Å². The number of amides is 1. The summed E-state index contributed by atoms with van der Waals surface area (Å²) >= 11 is 0. The van der Waals surface area contributed by atoms with Gasteiger partial charge < -0.3 is 14.5 Å². The molecule has 36 heavy (non-hydrogen) atoms. The molecule has 0 spiro atoms. The third-order valence-electron chi connectivity index (χ3n) is 5.93. The van der Waals surface area contributed by atoms with E-state index in [0.29, 0.717) is 35.1 Å². The summed E-state index contributed by atoms with van der Waals surface area (Å²) < 4.78 is 12.9. The number of oxazole rings is 1.